The molecule has 0 aliphatic carbocycles. The Morgan fingerprint density at radius 1 is 1.05 bits per heavy atom. The van der Waals surface area contributed by atoms with E-state index in [9.17, 15) is 13.2 Å². The van der Waals surface area contributed by atoms with Crippen LogP contribution >= 0.6 is 0 Å². The molecule has 0 saturated carbocycles. The number of carbonyl (C=O) groups excluding carboxylic acids is 1. The number of hydrogen-bond acceptors (Lipinski definition) is 4. The first-order chi connectivity index (χ1) is 12.7. The van der Waals surface area contributed by atoms with Crippen LogP contribution in [-0.2, 0) is 14.6 Å². The van der Waals surface area contributed by atoms with E-state index in [1.807, 2.05) is 0 Å². The first-order valence-corrected chi connectivity index (χ1v) is 6.72. The van der Waals surface area contributed by atoms with Crippen molar-refractivity contribution in [1.29, 1.82) is 0 Å². The Morgan fingerprint density at radius 2 is 1.50 bits per heavy atom. The van der Waals surface area contributed by atoms with Gasteiger partial charge in [0.05, 0.1) is 20.8 Å². The van der Waals surface area contributed by atoms with Gasteiger partial charge in [0.25, 0.3) is 0 Å². The average molecular weight is 298 g/mol. The number of benzene rings is 2. The second-order valence-electron chi connectivity index (χ2n) is 3.63. The van der Waals surface area contributed by atoms with Gasteiger partial charge in [-0.25, -0.2) is 8.42 Å². The summed E-state index contributed by atoms with van der Waals surface area (Å²) >= 11 is 0. The highest BCUT2D eigenvalue weighted by Crippen LogP contribution is 2.23. The summed E-state index contributed by atoms with van der Waals surface area (Å²) in [7, 11) is -5.01. The Bertz CT molecular complexity index is 1080. The predicted molar refractivity (Wildman–Crippen MR) is 77.1 cm³/mol. The first kappa shape index (κ1) is 6.90. The molecule has 6 heteroatoms. The lowest BCUT2D eigenvalue weighted by Gasteiger charge is -2.06. The molecule has 0 unspecified atom stereocenters. The fourth-order valence-electron chi connectivity index (χ4n) is 1.22. The highest BCUT2D eigenvalue weighted by Gasteiger charge is 2.17. The lowest BCUT2D eigenvalue weighted by Crippen LogP contribution is -2.06. The Hall–Kier alpha value is -2.34. The van der Waals surface area contributed by atoms with E-state index < -0.39 is 85.2 Å². The number of sulfone groups is 1. The Balaban J connectivity index is 2.96. The quantitative estimate of drug-likeness (QED) is 0.849. The summed E-state index contributed by atoms with van der Waals surface area (Å²) in [6, 6.07) is -7.38. The average Bonchev–Trinajstić information content (AvgIpc) is 2.60. The SMILES string of the molecule is [2H]c1c([2H])c(S(=O)(=O)c2c([2H])c([2H])c(NC(C)=O)c([2H])c2[2H])c([2H])c([2H])c1N. The highest BCUT2D eigenvalue weighted by molar-refractivity contribution is 7.91. The molecule has 1 amide bonds. The van der Waals surface area contributed by atoms with Gasteiger partial charge in [-0.2, -0.15) is 0 Å². The molecule has 20 heavy (non-hydrogen) atoms. The van der Waals surface area contributed by atoms with Gasteiger partial charge in [0, 0.05) is 18.3 Å². The molecule has 0 spiro atoms. The van der Waals surface area contributed by atoms with Gasteiger partial charge in [-0.05, 0) is 48.3 Å². The van der Waals surface area contributed by atoms with E-state index in [-0.39, 0.29) is 0 Å². The monoisotopic (exact) mass is 298 g/mol. The zero-order chi connectivity index (χ0) is 21.7. The highest BCUT2D eigenvalue weighted by atomic mass is 32.2. The van der Waals surface area contributed by atoms with Gasteiger partial charge in [-0.3, -0.25) is 4.79 Å². The summed E-state index contributed by atoms with van der Waals surface area (Å²) in [5.74, 6) is -0.700. The number of carbonyl (C=O) groups is 1. The van der Waals surface area contributed by atoms with Gasteiger partial charge in [0.15, 0.2) is 0 Å². The van der Waals surface area contributed by atoms with E-state index in [4.69, 9.17) is 16.7 Å². The number of nitrogens with one attached hydrogen (secondary N) is 1. The minimum absolute atomic E-state index is 0.529. The number of nitrogens with two attached hydrogens (primary N) is 1. The molecule has 5 nitrogen and oxygen atoms in total. The first-order valence-electron chi connectivity index (χ1n) is 9.23. The topological polar surface area (TPSA) is 89.3 Å². The third-order valence-electron chi connectivity index (χ3n) is 2.06. The summed E-state index contributed by atoms with van der Waals surface area (Å²) in [5, 5.41) is 2.09. The van der Waals surface area contributed by atoms with Crippen molar-refractivity contribution >= 4 is 27.1 Å². The largest absolute Gasteiger partial charge is 0.399 e. The Kier molecular flexibility index (Phi) is 1.84. The van der Waals surface area contributed by atoms with E-state index >= 15 is 0 Å². The molecule has 0 aliphatic rings. The minimum Gasteiger partial charge on any atom is -0.399 e. The second-order valence-corrected chi connectivity index (χ2v) is 5.45. The van der Waals surface area contributed by atoms with E-state index in [0.29, 0.717) is 0 Å². The van der Waals surface area contributed by atoms with Crippen LogP contribution in [0.2, 0.25) is 0 Å². The van der Waals surface area contributed by atoms with Crippen molar-refractivity contribution < 1.29 is 24.2 Å². The molecule has 0 heterocycles. The molecular weight excluding hydrogens is 276 g/mol. The normalized spacial score (nSPS) is 16.6. The Labute approximate surface area is 128 Å². The van der Waals surface area contributed by atoms with Gasteiger partial charge in [-0.1, -0.05) is 0 Å². The third-order valence-corrected chi connectivity index (χ3v) is 3.55. The molecule has 0 aromatic heterocycles. The number of amides is 1. The van der Waals surface area contributed by atoms with Crippen LogP contribution in [0.5, 0.6) is 0 Å². The zero-order valence-corrected chi connectivity index (χ0v) is 11.0. The second kappa shape index (κ2) is 5.34. The lowest BCUT2D eigenvalue weighted by molar-refractivity contribution is -0.114. The summed E-state index contributed by atoms with van der Waals surface area (Å²) in [6.07, 6.45) is 0. The van der Waals surface area contributed by atoms with Crippen molar-refractivity contribution in [3.63, 3.8) is 0 Å². The van der Waals surface area contributed by atoms with Crippen molar-refractivity contribution in [2.24, 2.45) is 0 Å². The minimum atomic E-state index is -5.01. The van der Waals surface area contributed by atoms with Crippen molar-refractivity contribution in [2.45, 2.75) is 16.7 Å². The predicted octanol–water partition coefficient (Wildman–Crippen LogP) is 2.06. The molecule has 2 rings (SSSR count). The fraction of sp³-hybridized carbons (Fsp3) is 0.0714. The maximum atomic E-state index is 13.0. The number of anilines is 2. The van der Waals surface area contributed by atoms with Crippen LogP contribution in [0.3, 0.4) is 0 Å². The van der Waals surface area contributed by atoms with Crippen LogP contribution in [-0.4, -0.2) is 14.3 Å². The van der Waals surface area contributed by atoms with Crippen LogP contribution in [0, 0.1) is 0 Å². The molecule has 0 saturated heterocycles. The van der Waals surface area contributed by atoms with Gasteiger partial charge >= 0.3 is 0 Å². The maximum Gasteiger partial charge on any atom is 0.221 e. The maximum absolute atomic E-state index is 13.0. The van der Waals surface area contributed by atoms with Gasteiger partial charge in [0.1, 0.15) is 0 Å². The summed E-state index contributed by atoms with van der Waals surface area (Å²) < 4.78 is 88.7. The van der Waals surface area contributed by atoms with Crippen molar-refractivity contribution in [3.05, 3.63) is 48.3 Å². The summed E-state index contributed by atoms with van der Waals surface area (Å²) in [5.41, 5.74) is 4.32. The van der Waals surface area contributed by atoms with Crippen LogP contribution in [0.4, 0.5) is 11.4 Å². The Morgan fingerprint density at radius 3 is 1.95 bits per heavy atom. The van der Waals surface area contributed by atoms with E-state index in [1.165, 1.54) is 0 Å². The van der Waals surface area contributed by atoms with E-state index in [2.05, 4.69) is 5.32 Å². The van der Waals surface area contributed by atoms with Crippen LogP contribution in [0.1, 0.15) is 17.9 Å². The van der Waals surface area contributed by atoms with Gasteiger partial charge in [-0.15, -0.1) is 0 Å². The number of hydrogen-bond donors (Lipinski definition) is 2. The molecule has 0 bridgehead atoms. The van der Waals surface area contributed by atoms with Crippen molar-refractivity contribution in [2.75, 3.05) is 11.1 Å². The number of nitrogen functional groups attached to an aromatic ring is 1. The molecule has 0 radical (unpaired) electrons. The third kappa shape index (κ3) is 2.97. The standard InChI is InChI=1S/C14H14N2O3S/c1-10(17)16-12-4-8-14(9-5-12)20(18,19)13-6-2-11(15)3-7-13/h2-9H,15H2,1H3,(H,16,17)/i2D,3D,4D,5D,6D,7D,8D,9D. The van der Waals surface area contributed by atoms with Gasteiger partial charge < -0.3 is 11.1 Å². The van der Waals surface area contributed by atoms with Crippen molar-refractivity contribution in [3.8, 4) is 0 Å². The molecule has 0 aliphatic heterocycles. The molecule has 2 aromatic carbocycles. The molecule has 3 N–H and O–H groups in total. The summed E-state index contributed by atoms with van der Waals surface area (Å²) in [4.78, 5) is 8.96. The van der Waals surface area contributed by atoms with Crippen LogP contribution in [0.15, 0.2) is 58.1 Å². The van der Waals surface area contributed by atoms with Crippen LogP contribution in [0.25, 0.3) is 0 Å². The lowest BCUT2D eigenvalue weighted by atomic mass is 10.3. The molecule has 104 valence electrons. The van der Waals surface area contributed by atoms with Gasteiger partial charge in [0.2, 0.25) is 15.7 Å². The smallest absolute Gasteiger partial charge is 0.221 e. The van der Waals surface area contributed by atoms with Crippen LogP contribution < -0.4 is 11.1 Å². The molecular formula is C14H14N2O3S. The van der Waals surface area contributed by atoms with E-state index in [0.717, 1.165) is 6.92 Å². The molecule has 0 fully saturated rings. The molecule has 0 atom stereocenters. The van der Waals surface area contributed by atoms with E-state index in [1.54, 1.807) is 0 Å². The number of rotatable bonds is 3. The van der Waals surface area contributed by atoms with Crippen molar-refractivity contribution in [1.82, 2.24) is 0 Å². The summed E-state index contributed by atoms with van der Waals surface area (Å²) in [6.45, 7) is 1.06. The fourth-order valence-corrected chi connectivity index (χ4v) is 2.17. The zero-order valence-electron chi connectivity index (χ0n) is 18.2. The molecule has 2 aromatic rings.